The third-order valence-corrected chi connectivity index (χ3v) is 5.66. The van der Waals surface area contributed by atoms with Crippen LogP contribution in [0.2, 0.25) is 10.0 Å². The Bertz CT molecular complexity index is 1210. The number of ether oxygens (including phenoxy) is 2. The number of pyridine rings is 2. The normalized spacial score (nSPS) is 10.5. The number of hydrogen-bond acceptors (Lipinski definition) is 4. The van der Waals surface area contributed by atoms with Gasteiger partial charge >= 0.3 is 0 Å². The van der Waals surface area contributed by atoms with Crippen LogP contribution in [0, 0.1) is 0 Å². The van der Waals surface area contributed by atoms with E-state index in [4.69, 9.17) is 32.7 Å². The molecule has 4 aromatic rings. The van der Waals surface area contributed by atoms with Crippen LogP contribution in [0.25, 0.3) is 21.8 Å². The fourth-order valence-corrected chi connectivity index (χ4v) is 3.27. The maximum atomic E-state index is 11.6. The molecule has 2 aromatic carbocycles. The van der Waals surface area contributed by atoms with E-state index in [1.807, 2.05) is 18.2 Å². The number of fused-ring (bicyclic) bond motifs is 2. The number of aromatic amines is 1. The first-order valence-corrected chi connectivity index (χ1v) is 9.62. The molecule has 1 N–H and O–H groups in total. The van der Waals surface area contributed by atoms with Crippen LogP contribution in [0.4, 0.5) is 0 Å². The van der Waals surface area contributed by atoms with E-state index < -0.39 is 0 Å². The molecule has 144 valence electrons. The summed E-state index contributed by atoms with van der Waals surface area (Å²) in [6.07, 6.45) is 3.11. The van der Waals surface area contributed by atoms with Crippen LogP contribution in [0.5, 0.6) is 11.5 Å². The van der Waals surface area contributed by atoms with Crippen LogP contribution in [0.3, 0.4) is 0 Å². The lowest BCUT2D eigenvalue weighted by molar-refractivity contribution is 0.415. The molecule has 4 rings (SSSR count). The molecule has 28 heavy (non-hydrogen) atoms. The summed E-state index contributed by atoms with van der Waals surface area (Å²) in [7, 11) is 3.19. The van der Waals surface area contributed by atoms with Crippen molar-refractivity contribution in [2.45, 2.75) is 0 Å². The van der Waals surface area contributed by atoms with Crippen molar-refractivity contribution in [3.05, 3.63) is 73.5 Å². The Kier molecular flexibility index (Phi) is 6.44. The van der Waals surface area contributed by atoms with Gasteiger partial charge in [0.15, 0.2) is 0 Å². The van der Waals surface area contributed by atoms with Crippen LogP contribution in [0.1, 0.15) is 0 Å². The van der Waals surface area contributed by atoms with Crippen molar-refractivity contribution in [2.75, 3.05) is 14.2 Å². The zero-order valence-electron chi connectivity index (χ0n) is 14.9. The second-order valence-electron chi connectivity index (χ2n) is 5.68. The van der Waals surface area contributed by atoms with E-state index >= 15 is 0 Å². The summed E-state index contributed by atoms with van der Waals surface area (Å²) in [5.41, 5.74) is 1.46. The minimum atomic E-state index is -0.181. The Morgan fingerprint density at radius 1 is 0.964 bits per heavy atom. The molecule has 0 fully saturated rings. The van der Waals surface area contributed by atoms with E-state index in [0.29, 0.717) is 16.2 Å². The van der Waals surface area contributed by atoms with Crippen molar-refractivity contribution < 1.29 is 9.47 Å². The smallest absolute Gasteiger partial charge is 0.208 e. The van der Waals surface area contributed by atoms with E-state index in [2.05, 4.69) is 25.9 Å². The number of methoxy groups -OCH3 is 2. The molecule has 2 heterocycles. The highest BCUT2D eigenvalue weighted by molar-refractivity contribution is 9.10. The van der Waals surface area contributed by atoms with Gasteiger partial charge < -0.3 is 14.5 Å². The number of H-pyrrole nitrogens is 1. The molecule has 0 aliphatic carbocycles. The molecule has 0 aliphatic heterocycles. The fourth-order valence-electron chi connectivity index (χ4n) is 2.54. The van der Waals surface area contributed by atoms with Crippen LogP contribution < -0.4 is 14.9 Å². The molecular formula is C20H15BrCl2N2O3. The monoisotopic (exact) mass is 480 g/mol. The van der Waals surface area contributed by atoms with Crippen molar-refractivity contribution >= 4 is 60.9 Å². The van der Waals surface area contributed by atoms with Gasteiger partial charge in [0, 0.05) is 27.8 Å². The molecule has 0 saturated carbocycles. The predicted octanol–water partition coefficient (Wildman–Crippen LogP) is 5.85. The van der Waals surface area contributed by atoms with Crippen LogP contribution >= 0.6 is 39.1 Å². The first kappa shape index (κ1) is 20.5. The van der Waals surface area contributed by atoms with Gasteiger partial charge in [0.2, 0.25) is 5.43 Å². The van der Waals surface area contributed by atoms with E-state index in [1.54, 1.807) is 38.6 Å². The third kappa shape index (κ3) is 4.24. The molecule has 0 spiro atoms. The topological polar surface area (TPSA) is 64.2 Å². The minimum absolute atomic E-state index is 0.181. The van der Waals surface area contributed by atoms with Crippen LogP contribution in [0.15, 0.2) is 58.1 Å². The summed E-state index contributed by atoms with van der Waals surface area (Å²) in [5.74, 6) is 1.44. The van der Waals surface area contributed by atoms with Crippen LogP contribution in [-0.2, 0) is 0 Å². The predicted molar refractivity (Wildman–Crippen MR) is 117 cm³/mol. The quantitative estimate of drug-likeness (QED) is 0.390. The second kappa shape index (κ2) is 8.82. The third-order valence-electron chi connectivity index (χ3n) is 4.01. The number of aromatic nitrogens is 2. The first-order chi connectivity index (χ1) is 13.4. The van der Waals surface area contributed by atoms with E-state index in [1.165, 1.54) is 6.20 Å². The van der Waals surface area contributed by atoms with Gasteiger partial charge in [0.25, 0.3) is 0 Å². The molecule has 2 aromatic heterocycles. The summed E-state index contributed by atoms with van der Waals surface area (Å²) >= 11 is 15.0. The van der Waals surface area contributed by atoms with Crippen molar-refractivity contribution in [2.24, 2.45) is 0 Å². The Morgan fingerprint density at radius 3 is 2.29 bits per heavy atom. The molecular weight excluding hydrogens is 467 g/mol. The molecule has 8 heteroatoms. The minimum Gasteiger partial charge on any atom is -0.497 e. The second-order valence-corrected chi connectivity index (χ2v) is 7.29. The number of halogens is 3. The summed E-state index contributed by atoms with van der Waals surface area (Å²) in [6, 6.07) is 10.9. The Labute approximate surface area is 179 Å². The molecule has 0 radical (unpaired) electrons. The van der Waals surface area contributed by atoms with Gasteiger partial charge in [-0.1, -0.05) is 23.2 Å². The van der Waals surface area contributed by atoms with Gasteiger partial charge in [0.1, 0.15) is 16.5 Å². The van der Waals surface area contributed by atoms with Gasteiger partial charge in [-0.3, -0.25) is 9.78 Å². The average molecular weight is 482 g/mol. The maximum absolute atomic E-state index is 11.6. The zero-order chi connectivity index (χ0) is 20.3. The largest absolute Gasteiger partial charge is 0.497 e. The molecule has 5 nitrogen and oxygen atoms in total. The maximum Gasteiger partial charge on any atom is 0.208 e. The van der Waals surface area contributed by atoms with Crippen molar-refractivity contribution in [1.82, 2.24) is 9.97 Å². The Morgan fingerprint density at radius 2 is 1.61 bits per heavy atom. The van der Waals surface area contributed by atoms with Gasteiger partial charge in [-0.25, -0.2) is 0 Å². The highest BCUT2D eigenvalue weighted by Crippen LogP contribution is 2.31. The summed E-state index contributed by atoms with van der Waals surface area (Å²) < 4.78 is 11.0. The molecule has 0 aliphatic rings. The van der Waals surface area contributed by atoms with Crippen molar-refractivity contribution in [3.63, 3.8) is 0 Å². The SMILES string of the molecule is COc1ccc2[nH]cc(Cl)c(=O)c2c1.COc1ccc2ncc(Cl)c(Br)c2c1. The lowest BCUT2D eigenvalue weighted by atomic mass is 10.2. The van der Waals surface area contributed by atoms with Gasteiger partial charge in [-0.15, -0.1) is 0 Å². The number of hydrogen-bond donors (Lipinski definition) is 1. The number of benzene rings is 2. The summed E-state index contributed by atoms with van der Waals surface area (Å²) in [5, 5.41) is 2.28. The first-order valence-electron chi connectivity index (χ1n) is 8.07. The molecule has 0 atom stereocenters. The highest BCUT2D eigenvalue weighted by atomic mass is 79.9. The standard InChI is InChI=1S/C10H7BrClNO.C10H8ClNO2/c1-14-6-2-3-9-7(4-6)10(11)8(12)5-13-9;1-14-6-2-3-9-7(4-6)10(13)8(11)5-12-9/h2-5H,1H3;2-5H,1H3,(H,12,13). The molecule has 0 unspecified atom stereocenters. The summed E-state index contributed by atoms with van der Waals surface area (Å²) in [6.45, 7) is 0. The van der Waals surface area contributed by atoms with Gasteiger partial charge in [-0.05, 0) is 52.3 Å². The van der Waals surface area contributed by atoms with Gasteiger partial charge in [-0.2, -0.15) is 0 Å². The molecule has 0 amide bonds. The zero-order valence-corrected chi connectivity index (χ0v) is 18.0. The van der Waals surface area contributed by atoms with E-state index in [-0.39, 0.29) is 10.5 Å². The molecule has 0 saturated heterocycles. The molecule has 0 bridgehead atoms. The fraction of sp³-hybridized carbons (Fsp3) is 0.100. The van der Waals surface area contributed by atoms with Crippen molar-refractivity contribution in [3.8, 4) is 11.5 Å². The lowest BCUT2D eigenvalue weighted by Crippen LogP contribution is -2.03. The van der Waals surface area contributed by atoms with E-state index in [9.17, 15) is 4.79 Å². The van der Waals surface area contributed by atoms with Crippen molar-refractivity contribution in [1.29, 1.82) is 0 Å². The number of rotatable bonds is 2. The lowest BCUT2D eigenvalue weighted by Gasteiger charge is -2.04. The summed E-state index contributed by atoms with van der Waals surface area (Å²) in [4.78, 5) is 18.7. The number of nitrogens with zero attached hydrogens (tertiary/aromatic N) is 1. The Balaban J connectivity index is 0.000000161. The van der Waals surface area contributed by atoms with E-state index in [0.717, 1.165) is 26.6 Å². The average Bonchev–Trinajstić information content (AvgIpc) is 2.73. The highest BCUT2D eigenvalue weighted by Gasteiger charge is 2.05. The number of nitrogens with one attached hydrogen (secondary N) is 1. The van der Waals surface area contributed by atoms with Crippen LogP contribution in [-0.4, -0.2) is 24.2 Å². The van der Waals surface area contributed by atoms with Gasteiger partial charge in [0.05, 0.1) is 30.1 Å². The Hall–Kier alpha value is -2.28.